The van der Waals surface area contributed by atoms with Gasteiger partial charge in [0.25, 0.3) is 11.8 Å². The van der Waals surface area contributed by atoms with Crippen LogP contribution in [0.3, 0.4) is 0 Å². The Bertz CT molecular complexity index is 546. The van der Waals surface area contributed by atoms with E-state index >= 15 is 0 Å². The van der Waals surface area contributed by atoms with Gasteiger partial charge in [0, 0.05) is 10.1 Å². The van der Waals surface area contributed by atoms with Crippen molar-refractivity contribution in [3.05, 3.63) is 33.4 Å². The van der Waals surface area contributed by atoms with Crippen LogP contribution in [0.25, 0.3) is 0 Å². The average molecular weight is 418 g/mol. The number of carbonyl (C=O) groups excluding carboxylic acids is 3. The zero-order valence-electron chi connectivity index (χ0n) is 12.5. The first-order chi connectivity index (χ1) is 10.4. The molecule has 22 heavy (non-hydrogen) atoms. The number of amides is 2. The summed E-state index contributed by atoms with van der Waals surface area (Å²) < 4.78 is 5.58. The fourth-order valence-electron chi connectivity index (χ4n) is 1.46. The smallest absolute Gasteiger partial charge is 0.325 e. The van der Waals surface area contributed by atoms with Gasteiger partial charge in [-0.15, -0.1) is 0 Å². The van der Waals surface area contributed by atoms with E-state index in [-0.39, 0.29) is 25.0 Å². The molecule has 0 fully saturated rings. The number of rotatable bonds is 7. The Morgan fingerprint density at radius 1 is 1.18 bits per heavy atom. The molecule has 0 saturated heterocycles. The van der Waals surface area contributed by atoms with Crippen molar-refractivity contribution in [2.24, 2.45) is 5.92 Å². The second-order valence-electron chi connectivity index (χ2n) is 5.02. The van der Waals surface area contributed by atoms with Gasteiger partial charge in [0.05, 0.1) is 5.56 Å². The highest BCUT2D eigenvalue weighted by Gasteiger charge is 2.12. The second kappa shape index (κ2) is 9.39. The number of carbonyl (C=O) groups is 3. The molecule has 0 aliphatic carbocycles. The lowest BCUT2D eigenvalue weighted by atomic mass is 10.2. The summed E-state index contributed by atoms with van der Waals surface area (Å²) in [5.41, 5.74) is 0.491. The van der Waals surface area contributed by atoms with Crippen LogP contribution >= 0.6 is 22.6 Å². The van der Waals surface area contributed by atoms with Crippen molar-refractivity contribution in [3.63, 3.8) is 0 Å². The van der Waals surface area contributed by atoms with Crippen LogP contribution in [0.2, 0.25) is 0 Å². The molecule has 1 aromatic rings. The Morgan fingerprint density at radius 2 is 1.86 bits per heavy atom. The molecule has 120 valence electrons. The molecule has 6 nitrogen and oxygen atoms in total. The van der Waals surface area contributed by atoms with Crippen LogP contribution in [-0.2, 0) is 14.3 Å². The van der Waals surface area contributed by atoms with Gasteiger partial charge in [-0.2, -0.15) is 0 Å². The summed E-state index contributed by atoms with van der Waals surface area (Å²) in [5.74, 6) is -1.04. The van der Waals surface area contributed by atoms with E-state index in [1.165, 1.54) is 0 Å². The van der Waals surface area contributed by atoms with Crippen molar-refractivity contribution < 1.29 is 19.1 Å². The van der Waals surface area contributed by atoms with E-state index in [0.717, 1.165) is 3.57 Å². The topological polar surface area (TPSA) is 84.5 Å². The maximum absolute atomic E-state index is 11.9. The summed E-state index contributed by atoms with van der Waals surface area (Å²) in [7, 11) is 0. The molecule has 0 aliphatic rings. The van der Waals surface area contributed by atoms with Crippen LogP contribution in [0.1, 0.15) is 24.2 Å². The first kappa shape index (κ1) is 18.4. The van der Waals surface area contributed by atoms with Gasteiger partial charge in [-0.05, 0) is 40.6 Å². The predicted molar refractivity (Wildman–Crippen MR) is 90.3 cm³/mol. The van der Waals surface area contributed by atoms with Crippen LogP contribution in [0.4, 0.5) is 0 Å². The highest BCUT2D eigenvalue weighted by atomic mass is 127. The Labute approximate surface area is 143 Å². The van der Waals surface area contributed by atoms with Gasteiger partial charge >= 0.3 is 5.97 Å². The molecular formula is C15H19IN2O4. The van der Waals surface area contributed by atoms with Crippen LogP contribution in [0.15, 0.2) is 24.3 Å². The van der Waals surface area contributed by atoms with Crippen LogP contribution in [0, 0.1) is 9.49 Å². The van der Waals surface area contributed by atoms with Gasteiger partial charge in [-0.25, -0.2) is 0 Å². The summed E-state index contributed by atoms with van der Waals surface area (Å²) in [6, 6.07) is 7.03. The molecule has 0 aliphatic heterocycles. The SMILES string of the molecule is CC(C)CNC(=O)COC(=O)CNC(=O)c1ccccc1I. The third-order valence-electron chi connectivity index (χ3n) is 2.58. The fraction of sp³-hybridized carbons (Fsp3) is 0.400. The van der Waals surface area contributed by atoms with E-state index in [1.807, 2.05) is 42.5 Å². The molecule has 0 aromatic heterocycles. The first-order valence-corrected chi connectivity index (χ1v) is 7.93. The zero-order chi connectivity index (χ0) is 16.5. The van der Waals surface area contributed by atoms with E-state index < -0.39 is 5.97 Å². The highest BCUT2D eigenvalue weighted by molar-refractivity contribution is 14.1. The van der Waals surface area contributed by atoms with Gasteiger partial charge in [0.15, 0.2) is 6.61 Å². The molecule has 0 spiro atoms. The van der Waals surface area contributed by atoms with Crippen LogP contribution in [-0.4, -0.2) is 37.5 Å². The Hall–Kier alpha value is -1.64. The molecule has 0 unspecified atom stereocenters. The van der Waals surface area contributed by atoms with Crippen molar-refractivity contribution in [2.45, 2.75) is 13.8 Å². The van der Waals surface area contributed by atoms with Crippen molar-refractivity contribution in [2.75, 3.05) is 19.7 Å². The minimum absolute atomic E-state index is 0.277. The standard InChI is InChI=1S/C15H19IN2O4/c1-10(2)7-17-13(19)9-22-14(20)8-18-15(21)11-5-3-4-6-12(11)16/h3-6,10H,7-9H2,1-2H3,(H,17,19)(H,18,21). The molecule has 2 N–H and O–H groups in total. The second-order valence-corrected chi connectivity index (χ2v) is 6.18. The van der Waals surface area contributed by atoms with Crippen molar-refractivity contribution in [3.8, 4) is 0 Å². The predicted octanol–water partition coefficient (Wildman–Crippen LogP) is 1.34. The maximum Gasteiger partial charge on any atom is 0.325 e. The number of esters is 1. The summed E-state index contributed by atoms with van der Waals surface area (Å²) >= 11 is 2.04. The highest BCUT2D eigenvalue weighted by Crippen LogP contribution is 2.10. The molecule has 0 bridgehead atoms. The van der Waals surface area contributed by atoms with Crippen molar-refractivity contribution in [1.29, 1.82) is 0 Å². The molecule has 1 rings (SSSR count). The van der Waals surface area contributed by atoms with E-state index in [2.05, 4.69) is 10.6 Å². The van der Waals surface area contributed by atoms with Gasteiger partial charge < -0.3 is 15.4 Å². The fourth-order valence-corrected chi connectivity index (χ4v) is 2.09. The number of hydrogen-bond acceptors (Lipinski definition) is 4. The monoisotopic (exact) mass is 418 g/mol. The minimum atomic E-state index is -0.654. The van der Waals surface area contributed by atoms with E-state index in [4.69, 9.17) is 4.74 Å². The lowest BCUT2D eigenvalue weighted by Crippen LogP contribution is -2.35. The number of hydrogen-bond donors (Lipinski definition) is 2. The number of ether oxygens (including phenoxy) is 1. The lowest BCUT2D eigenvalue weighted by Gasteiger charge is -2.09. The summed E-state index contributed by atoms with van der Waals surface area (Å²) in [6.07, 6.45) is 0. The Balaban J connectivity index is 2.30. The third kappa shape index (κ3) is 6.88. The third-order valence-corrected chi connectivity index (χ3v) is 3.52. The largest absolute Gasteiger partial charge is 0.454 e. The van der Waals surface area contributed by atoms with E-state index in [0.29, 0.717) is 18.0 Å². The molecule has 0 heterocycles. The minimum Gasteiger partial charge on any atom is -0.454 e. The average Bonchev–Trinajstić information content (AvgIpc) is 2.48. The Morgan fingerprint density at radius 3 is 2.50 bits per heavy atom. The first-order valence-electron chi connectivity index (χ1n) is 6.85. The van der Waals surface area contributed by atoms with E-state index in [9.17, 15) is 14.4 Å². The number of nitrogens with one attached hydrogen (secondary N) is 2. The molecule has 2 amide bonds. The number of halogens is 1. The lowest BCUT2D eigenvalue weighted by molar-refractivity contribution is -0.147. The van der Waals surface area contributed by atoms with E-state index in [1.54, 1.807) is 18.2 Å². The Kier molecular flexibility index (Phi) is 7.86. The molecular weight excluding hydrogens is 399 g/mol. The molecule has 0 saturated carbocycles. The van der Waals surface area contributed by atoms with Crippen molar-refractivity contribution >= 4 is 40.4 Å². The van der Waals surface area contributed by atoms with Crippen LogP contribution < -0.4 is 10.6 Å². The summed E-state index contributed by atoms with van der Waals surface area (Å²) in [6.45, 7) is 3.84. The van der Waals surface area contributed by atoms with Crippen molar-refractivity contribution in [1.82, 2.24) is 10.6 Å². The normalized spacial score (nSPS) is 10.2. The molecule has 1 aromatic carbocycles. The summed E-state index contributed by atoms with van der Waals surface area (Å²) in [5, 5.41) is 5.09. The van der Waals surface area contributed by atoms with Gasteiger partial charge in [-0.3, -0.25) is 14.4 Å². The quantitative estimate of drug-likeness (QED) is 0.517. The molecule has 0 radical (unpaired) electrons. The van der Waals surface area contributed by atoms with Gasteiger partial charge in [0.1, 0.15) is 6.54 Å². The van der Waals surface area contributed by atoms with Gasteiger partial charge in [-0.1, -0.05) is 26.0 Å². The molecule has 7 heteroatoms. The summed E-state index contributed by atoms with van der Waals surface area (Å²) in [4.78, 5) is 34.7. The zero-order valence-corrected chi connectivity index (χ0v) is 14.7. The van der Waals surface area contributed by atoms with Gasteiger partial charge in [0.2, 0.25) is 0 Å². The molecule has 0 atom stereocenters. The maximum atomic E-state index is 11.9. The van der Waals surface area contributed by atoms with Crippen LogP contribution in [0.5, 0.6) is 0 Å². The number of benzene rings is 1.